The van der Waals surface area contributed by atoms with Crippen LogP contribution in [-0.4, -0.2) is 34.3 Å². The highest BCUT2D eigenvalue weighted by molar-refractivity contribution is 7.80. The van der Waals surface area contributed by atoms with Crippen molar-refractivity contribution in [2.24, 2.45) is 5.92 Å². The van der Waals surface area contributed by atoms with Crippen molar-refractivity contribution in [1.82, 2.24) is 10.3 Å². The molecule has 2 aliphatic heterocycles. The predicted molar refractivity (Wildman–Crippen MR) is 166 cm³/mol. The molecule has 2 N–H and O–H groups in total. The van der Waals surface area contributed by atoms with Crippen LogP contribution in [0.4, 0.5) is 11.4 Å². The van der Waals surface area contributed by atoms with Gasteiger partial charge in [-0.3, -0.25) is 4.98 Å². The van der Waals surface area contributed by atoms with Gasteiger partial charge in [0.25, 0.3) is 0 Å². The third kappa shape index (κ3) is 5.29. The van der Waals surface area contributed by atoms with E-state index >= 15 is 0 Å². The first-order valence-corrected chi connectivity index (χ1v) is 14.6. The number of hydrogen-bond acceptors (Lipinski definition) is 5. The van der Waals surface area contributed by atoms with Crippen molar-refractivity contribution >= 4 is 46.3 Å². The Morgan fingerprint density at radius 3 is 2.59 bits per heavy atom. The molecule has 4 heterocycles. The van der Waals surface area contributed by atoms with Gasteiger partial charge in [0.1, 0.15) is 17.6 Å². The van der Waals surface area contributed by atoms with Gasteiger partial charge >= 0.3 is 5.97 Å². The highest BCUT2D eigenvalue weighted by Gasteiger charge is 2.43. The second-order valence-corrected chi connectivity index (χ2v) is 11.6. The minimum absolute atomic E-state index is 0.240. The molecule has 0 unspecified atom stereocenters. The number of carbonyl (C=O) groups is 1. The Hall–Kier alpha value is -3.88. The zero-order valence-corrected chi connectivity index (χ0v) is 24.5. The molecule has 0 amide bonds. The van der Waals surface area contributed by atoms with Gasteiger partial charge in [-0.25, -0.2) is 4.79 Å². The van der Waals surface area contributed by atoms with E-state index in [1.54, 1.807) is 24.4 Å². The van der Waals surface area contributed by atoms with Gasteiger partial charge in [0, 0.05) is 30.5 Å². The Bertz CT molecular complexity index is 1600. The molecule has 2 aromatic carbocycles. The number of furan rings is 1. The summed E-state index contributed by atoms with van der Waals surface area (Å²) < 4.78 is 6.49. The van der Waals surface area contributed by atoms with Gasteiger partial charge in [-0.1, -0.05) is 30.7 Å². The number of nitrogens with one attached hydrogen (secondary N) is 1. The fourth-order valence-electron chi connectivity index (χ4n) is 5.80. The quantitative estimate of drug-likeness (QED) is 0.226. The zero-order chi connectivity index (χ0) is 28.7. The van der Waals surface area contributed by atoms with E-state index in [-0.39, 0.29) is 17.6 Å². The van der Waals surface area contributed by atoms with Crippen LogP contribution in [-0.2, 0) is 0 Å². The first kappa shape index (κ1) is 27.3. The summed E-state index contributed by atoms with van der Waals surface area (Å²) in [5.74, 6) is 1.13. The minimum atomic E-state index is -0.960. The van der Waals surface area contributed by atoms with Crippen LogP contribution in [0, 0.1) is 12.8 Å². The number of thiocarbonyl (C=S) groups is 1. The molecule has 0 saturated carbocycles. The molecule has 2 saturated heterocycles. The second kappa shape index (κ2) is 11.2. The number of hydrogen-bond donors (Lipinski definition) is 2. The summed E-state index contributed by atoms with van der Waals surface area (Å²) in [5.41, 5.74) is 4.64. The van der Waals surface area contributed by atoms with E-state index in [1.165, 1.54) is 0 Å². The topological polar surface area (TPSA) is 81.8 Å². The van der Waals surface area contributed by atoms with E-state index in [9.17, 15) is 9.90 Å². The number of carboxylic acids is 1. The molecule has 0 radical (unpaired) electrons. The first-order valence-electron chi connectivity index (χ1n) is 13.8. The van der Waals surface area contributed by atoms with E-state index in [0.717, 1.165) is 60.0 Å². The Kier molecular flexibility index (Phi) is 7.45. The number of benzene rings is 2. The lowest BCUT2D eigenvalue weighted by atomic mass is 9.98. The van der Waals surface area contributed by atoms with Gasteiger partial charge in [-0.05, 0) is 98.1 Å². The van der Waals surface area contributed by atoms with E-state index in [4.69, 9.17) is 28.2 Å². The van der Waals surface area contributed by atoms with E-state index < -0.39 is 5.97 Å². The normalized spacial score (nSPS) is 19.4. The number of nitrogens with zero attached hydrogens (tertiary/aromatic N) is 3. The molecule has 2 aromatic heterocycles. The maximum absolute atomic E-state index is 11.4. The largest absolute Gasteiger partial charge is 0.478 e. The molecule has 0 aliphatic carbocycles. The highest BCUT2D eigenvalue weighted by atomic mass is 35.5. The standard InChI is InChI=1S/C32H31ClN4O3S/c1-19-12-15-36(16-13-19)26-9-7-22(18-24(26)33)37-30(29(35-32(37)41)25-5-3-4-14-34-25)28-11-10-27(40-28)23-8-6-21(31(38)39)17-20(23)2/h3-11,14,17-19,29-30H,12-13,15-16H2,1-2H3,(H,35,41)(H,38,39)/t29-,30-/m1/s1. The van der Waals surface area contributed by atoms with Crippen LogP contribution in [0.25, 0.3) is 11.3 Å². The number of aromatic carboxylic acids is 1. The molecule has 0 spiro atoms. The van der Waals surface area contributed by atoms with Gasteiger partial charge in [-0.15, -0.1) is 0 Å². The third-order valence-electron chi connectivity index (χ3n) is 8.09. The summed E-state index contributed by atoms with van der Waals surface area (Å²) in [7, 11) is 0. The highest BCUT2D eigenvalue weighted by Crippen LogP contribution is 2.44. The van der Waals surface area contributed by atoms with Crippen molar-refractivity contribution in [2.45, 2.75) is 38.8 Å². The summed E-state index contributed by atoms with van der Waals surface area (Å²) in [6, 6.07) is 20.3. The van der Waals surface area contributed by atoms with Crippen molar-refractivity contribution < 1.29 is 14.3 Å². The lowest BCUT2D eigenvalue weighted by molar-refractivity contribution is 0.0696. The van der Waals surface area contributed by atoms with E-state index in [2.05, 4.69) is 34.3 Å². The SMILES string of the molecule is Cc1cc(C(=O)O)ccc1-c1ccc([C@@H]2[C@@H](c3ccccn3)NC(=S)N2c2ccc(N3CCC(C)CC3)c(Cl)c2)o1. The van der Waals surface area contributed by atoms with Gasteiger partial charge < -0.3 is 24.6 Å². The minimum Gasteiger partial charge on any atom is -0.478 e. The number of carboxylic acid groups (broad SMARTS) is 1. The Morgan fingerprint density at radius 2 is 1.90 bits per heavy atom. The molecule has 9 heteroatoms. The second-order valence-electron chi connectivity index (χ2n) is 10.8. The fourth-order valence-corrected chi connectivity index (χ4v) is 6.44. The maximum Gasteiger partial charge on any atom is 0.335 e. The first-order chi connectivity index (χ1) is 19.8. The fraction of sp³-hybridized carbons (Fsp3) is 0.281. The Morgan fingerprint density at radius 1 is 1.10 bits per heavy atom. The molecular formula is C32H31ClN4O3S. The van der Waals surface area contributed by atoms with Gasteiger partial charge in [0.05, 0.1) is 28.0 Å². The lowest BCUT2D eigenvalue weighted by Crippen LogP contribution is -2.33. The molecule has 6 rings (SSSR count). The van der Waals surface area contributed by atoms with Crippen molar-refractivity contribution in [1.29, 1.82) is 0 Å². The number of rotatable bonds is 6. The molecule has 41 heavy (non-hydrogen) atoms. The number of pyridine rings is 1. The van der Waals surface area contributed by atoms with Crippen LogP contribution >= 0.6 is 23.8 Å². The van der Waals surface area contributed by atoms with Gasteiger partial charge in [0.2, 0.25) is 0 Å². The van der Waals surface area contributed by atoms with Crippen LogP contribution in [0.2, 0.25) is 5.02 Å². The Balaban J connectivity index is 1.38. The summed E-state index contributed by atoms with van der Waals surface area (Å²) in [5, 5.41) is 14.1. The van der Waals surface area contributed by atoms with Crippen LogP contribution in [0.3, 0.4) is 0 Å². The summed E-state index contributed by atoms with van der Waals surface area (Å²) in [4.78, 5) is 20.5. The molecule has 2 aliphatic rings. The molecule has 7 nitrogen and oxygen atoms in total. The molecule has 2 atom stereocenters. The molecule has 2 fully saturated rings. The van der Waals surface area contributed by atoms with Crippen LogP contribution < -0.4 is 15.1 Å². The molecule has 210 valence electrons. The number of piperidine rings is 1. The maximum atomic E-state index is 11.4. The van der Waals surface area contributed by atoms with E-state index in [1.807, 2.05) is 48.2 Å². The molecule has 4 aromatic rings. The zero-order valence-electron chi connectivity index (χ0n) is 22.9. The average Bonchev–Trinajstić information content (AvgIpc) is 3.58. The van der Waals surface area contributed by atoms with Crippen LogP contribution in [0.5, 0.6) is 0 Å². The number of anilines is 2. The van der Waals surface area contributed by atoms with Crippen molar-refractivity contribution in [3.8, 4) is 11.3 Å². The predicted octanol–water partition coefficient (Wildman–Crippen LogP) is 7.42. The average molecular weight is 587 g/mol. The number of aromatic nitrogens is 1. The third-order valence-corrected chi connectivity index (χ3v) is 8.71. The molecule has 0 bridgehead atoms. The summed E-state index contributed by atoms with van der Waals surface area (Å²) >= 11 is 12.8. The lowest BCUT2D eigenvalue weighted by Gasteiger charge is -2.33. The summed E-state index contributed by atoms with van der Waals surface area (Å²) in [6.45, 7) is 6.17. The van der Waals surface area contributed by atoms with Crippen molar-refractivity contribution in [2.75, 3.05) is 22.9 Å². The van der Waals surface area contributed by atoms with Crippen LogP contribution in [0.1, 0.15) is 59.2 Å². The smallest absolute Gasteiger partial charge is 0.335 e. The molecular weight excluding hydrogens is 556 g/mol. The van der Waals surface area contributed by atoms with Crippen molar-refractivity contribution in [3.05, 3.63) is 101 Å². The summed E-state index contributed by atoms with van der Waals surface area (Å²) in [6.07, 6.45) is 4.09. The van der Waals surface area contributed by atoms with Crippen LogP contribution in [0.15, 0.2) is 77.3 Å². The number of aryl methyl sites for hydroxylation is 1. The van der Waals surface area contributed by atoms with Gasteiger partial charge in [-0.2, -0.15) is 0 Å². The van der Waals surface area contributed by atoms with Crippen molar-refractivity contribution in [3.63, 3.8) is 0 Å². The Labute approximate surface area is 249 Å². The van der Waals surface area contributed by atoms with Gasteiger partial charge in [0.15, 0.2) is 5.11 Å². The van der Waals surface area contributed by atoms with E-state index in [0.29, 0.717) is 21.7 Å². The number of halogens is 1. The monoisotopic (exact) mass is 586 g/mol.